The summed E-state index contributed by atoms with van der Waals surface area (Å²) in [7, 11) is 4.82. The molecule has 0 fully saturated rings. The van der Waals surface area contributed by atoms with Gasteiger partial charge in [0.05, 0.1) is 27.6 Å². The van der Waals surface area contributed by atoms with Crippen LogP contribution in [0.5, 0.6) is 11.5 Å². The summed E-state index contributed by atoms with van der Waals surface area (Å²) in [6.45, 7) is 0. The Morgan fingerprint density at radius 3 is 2.20 bits per heavy atom. The molecular formula is C11H13BrO3. The molecule has 1 aromatic carbocycles. The van der Waals surface area contributed by atoms with Crippen molar-refractivity contribution < 1.29 is 14.2 Å². The van der Waals surface area contributed by atoms with Crippen LogP contribution in [0.3, 0.4) is 0 Å². The lowest BCUT2D eigenvalue weighted by molar-refractivity contribution is 0.341. The van der Waals surface area contributed by atoms with Crippen LogP contribution in [0.1, 0.15) is 5.56 Å². The Kier molecular flexibility index (Phi) is 4.49. The van der Waals surface area contributed by atoms with Crippen molar-refractivity contribution in [3.05, 3.63) is 28.4 Å². The summed E-state index contributed by atoms with van der Waals surface area (Å²) in [5.41, 5.74) is 0.967. The smallest absolute Gasteiger partial charge is 0.161 e. The first-order valence-electron chi connectivity index (χ1n) is 4.33. The Hall–Kier alpha value is -1.16. The van der Waals surface area contributed by atoms with E-state index in [1.54, 1.807) is 27.6 Å². The van der Waals surface area contributed by atoms with Crippen LogP contribution in [0.2, 0.25) is 0 Å². The van der Waals surface area contributed by atoms with Gasteiger partial charge in [-0.25, -0.2) is 0 Å². The van der Waals surface area contributed by atoms with Crippen LogP contribution in [0, 0.1) is 0 Å². The van der Waals surface area contributed by atoms with E-state index in [-0.39, 0.29) is 0 Å². The largest absolute Gasteiger partial charge is 0.504 e. The number of hydrogen-bond acceptors (Lipinski definition) is 3. The minimum Gasteiger partial charge on any atom is -0.504 e. The predicted octanol–water partition coefficient (Wildman–Crippen LogP) is 3.08. The van der Waals surface area contributed by atoms with Gasteiger partial charge in [0.1, 0.15) is 0 Å². The van der Waals surface area contributed by atoms with Gasteiger partial charge in [-0.05, 0) is 23.8 Å². The van der Waals surface area contributed by atoms with E-state index in [2.05, 4.69) is 15.9 Å². The van der Waals surface area contributed by atoms with E-state index < -0.39 is 0 Å². The van der Waals surface area contributed by atoms with Crippen LogP contribution < -0.4 is 9.47 Å². The maximum Gasteiger partial charge on any atom is 0.161 e. The highest BCUT2D eigenvalue weighted by atomic mass is 79.9. The van der Waals surface area contributed by atoms with E-state index >= 15 is 0 Å². The first-order chi connectivity index (χ1) is 7.22. The summed E-state index contributed by atoms with van der Waals surface area (Å²) in [6, 6.07) is 3.73. The van der Waals surface area contributed by atoms with E-state index in [1.807, 2.05) is 18.2 Å². The molecule has 0 N–H and O–H groups in total. The van der Waals surface area contributed by atoms with Gasteiger partial charge < -0.3 is 14.2 Å². The molecular weight excluding hydrogens is 260 g/mol. The quantitative estimate of drug-likeness (QED) is 0.789. The molecule has 1 aromatic rings. The van der Waals surface area contributed by atoms with E-state index in [4.69, 9.17) is 14.2 Å². The Balaban J connectivity index is 3.13. The first-order valence-corrected chi connectivity index (χ1v) is 5.13. The third-order valence-corrected chi connectivity index (χ3v) is 2.57. The molecule has 15 heavy (non-hydrogen) atoms. The Morgan fingerprint density at radius 2 is 1.67 bits per heavy atom. The van der Waals surface area contributed by atoms with Gasteiger partial charge in [-0.3, -0.25) is 0 Å². The molecule has 0 saturated carbocycles. The molecule has 82 valence electrons. The van der Waals surface area contributed by atoms with E-state index in [1.165, 1.54) is 0 Å². The van der Waals surface area contributed by atoms with Crippen molar-refractivity contribution in [2.24, 2.45) is 0 Å². The molecule has 0 aromatic heterocycles. The number of halogens is 1. The van der Waals surface area contributed by atoms with Crippen LogP contribution in [0.25, 0.3) is 6.08 Å². The Bertz CT molecular complexity index is 361. The third-order valence-electron chi connectivity index (χ3n) is 1.89. The highest BCUT2D eigenvalue weighted by molar-refractivity contribution is 9.10. The van der Waals surface area contributed by atoms with Gasteiger partial charge in [-0.1, -0.05) is 15.9 Å². The van der Waals surface area contributed by atoms with Gasteiger partial charge in [0.25, 0.3) is 0 Å². The fourth-order valence-corrected chi connectivity index (χ4v) is 1.59. The standard InChI is InChI=1S/C11H13BrO3/c1-13-5-4-8-6-10(14-2)11(15-3)7-9(8)12/h4-7H,1-3H3/b5-4+. The second kappa shape index (κ2) is 5.66. The van der Waals surface area contributed by atoms with Gasteiger partial charge in [0, 0.05) is 4.47 Å². The van der Waals surface area contributed by atoms with Crippen LogP contribution >= 0.6 is 15.9 Å². The summed E-state index contributed by atoms with van der Waals surface area (Å²) in [5, 5.41) is 0. The van der Waals surface area contributed by atoms with Crippen LogP contribution in [0.4, 0.5) is 0 Å². The molecule has 0 amide bonds. The lowest BCUT2D eigenvalue weighted by Crippen LogP contribution is -1.91. The maximum absolute atomic E-state index is 5.19. The van der Waals surface area contributed by atoms with Crippen LogP contribution in [0.15, 0.2) is 22.9 Å². The molecule has 0 unspecified atom stereocenters. The fourth-order valence-electron chi connectivity index (χ4n) is 1.14. The van der Waals surface area contributed by atoms with Gasteiger partial charge in [-0.15, -0.1) is 0 Å². The van der Waals surface area contributed by atoms with E-state index in [0.717, 1.165) is 10.0 Å². The molecule has 0 aliphatic rings. The molecule has 3 nitrogen and oxygen atoms in total. The average molecular weight is 273 g/mol. The van der Waals surface area contributed by atoms with Gasteiger partial charge in [0.15, 0.2) is 11.5 Å². The molecule has 0 aliphatic carbocycles. The molecule has 0 saturated heterocycles. The van der Waals surface area contributed by atoms with Crippen molar-refractivity contribution in [3.8, 4) is 11.5 Å². The zero-order valence-corrected chi connectivity index (χ0v) is 10.5. The zero-order chi connectivity index (χ0) is 11.3. The zero-order valence-electron chi connectivity index (χ0n) is 8.91. The lowest BCUT2D eigenvalue weighted by atomic mass is 10.2. The van der Waals surface area contributed by atoms with Crippen molar-refractivity contribution >= 4 is 22.0 Å². The van der Waals surface area contributed by atoms with Crippen molar-refractivity contribution in [1.29, 1.82) is 0 Å². The minimum absolute atomic E-state index is 0.691. The van der Waals surface area contributed by atoms with Crippen molar-refractivity contribution in [2.75, 3.05) is 21.3 Å². The van der Waals surface area contributed by atoms with Crippen molar-refractivity contribution in [1.82, 2.24) is 0 Å². The summed E-state index contributed by atoms with van der Waals surface area (Å²) < 4.78 is 16.1. The molecule has 0 bridgehead atoms. The van der Waals surface area contributed by atoms with Gasteiger partial charge in [-0.2, -0.15) is 0 Å². The number of benzene rings is 1. The van der Waals surface area contributed by atoms with E-state index in [9.17, 15) is 0 Å². The number of hydrogen-bond donors (Lipinski definition) is 0. The number of rotatable bonds is 4. The second-order valence-electron chi connectivity index (χ2n) is 2.77. The summed E-state index contributed by atoms with van der Waals surface area (Å²) in [6.07, 6.45) is 3.44. The third kappa shape index (κ3) is 2.89. The summed E-state index contributed by atoms with van der Waals surface area (Å²) in [4.78, 5) is 0. The SMILES string of the molecule is CO/C=C/c1cc(OC)c(OC)cc1Br. The van der Waals surface area contributed by atoms with Crippen LogP contribution in [-0.2, 0) is 4.74 Å². The van der Waals surface area contributed by atoms with Crippen LogP contribution in [-0.4, -0.2) is 21.3 Å². The van der Waals surface area contributed by atoms with E-state index in [0.29, 0.717) is 11.5 Å². The summed E-state index contributed by atoms with van der Waals surface area (Å²) in [5.74, 6) is 1.38. The summed E-state index contributed by atoms with van der Waals surface area (Å²) >= 11 is 3.44. The Morgan fingerprint density at radius 1 is 1.07 bits per heavy atom. The predicted molar refractivity (Wildman–Crippen MR) is 63.3 cm³/mol. The molecule has 0 spiro atoms. The molecule has 0 aliphatic heterocycles. The fraction of sp³-hybridized carbons (Fsp3) is 0.273. The Labute approximate surface area is 97.8 Å². The van der Waals surface area contributed by atoms with Crippen molar-refractivity contribution in [2.45, 2.75) is 0 Å². The average Bonchev–Trinajstić information content (AvgIpc) is 2.27. The molecule has 4 heteroatoms. The number of methoxy groups -OCH3 is 3. The lowest BCUT2D eigenvalue weighted by Gasteiger charge is -2.09. The van der Waals surface area contributed by atoms with Crippen molar-refractivity contribution in [3.63, 3.8) is 0 Å². The number of ether oxygens (including phenoxy) is 3. The first kappa shape index (κ1) is 11.9. The topological polar surface area (TPSA) is 27.7 Å². The van der Waals surface area contributed by atoms with Gasteiger partial charge >= 0.3 is 0 Å². The molecule has 0 heterocycles. The highest BCUT2D eigenvalue weighted by Crippen LogP contribution is 2.33. The molecule has 0 radical (unpaired) electrons. The maximum atomic E-state index is 5.19. The second-order valence-corrected chi connectivity index (χ2v) is 3.62. The molecule has 1 rings (SSSR count). The van der Waals surface area contributed by atoms with Gasteiger partial charge in [0.2, 0.25) is 0 Å². The highest BCUT2D eigenvalue weighted by Gasteiger charge is 2.07. The molecule has 0 atom stereocenters. The monoisotopic (exact) mass is 272 g/mol. The normalized spacial score (nSPS) is 10.4. The minimum atomic E-state index is 0.691.